The van der Waals surface area contributed by atoms with Gasteiger partial charge in [0.25, 0.3) is 0 Å². The van der Waals surface area contributed by atoms with Gasteiger partial charge in [0.15, 0.2) is 11.5 Å². The first-order valence-corrected chi connectivity index (χ1v) is 5.04. The summed E-state index contributed by atoms with van der Waals surface area (Å²) >= 11 is 0. The van der Waals surface area contributed by atoms with Gasteiger partial charge >= 0.3 is 5.69 Å². The molecule has 1 rings (SSSR count). The van der Waals surface area contributed by atoms with Gasteiger partial charge in [0.1, 0.15) is 0 Å². The van der Waals surface area contributed by atoms with Crippen LogP contribution in [0.5, 0.6) is 11.5 Å². The van der Waals surface area contributed by atoms with Crippen molar-refractivity contribution in [1.82, 2.24) is 0 Å². The van der Waals surface area contributed by atoms with Crippen molar-refractivity contribution in [2.45, 2.75) is 20.8 Å². The van der Waals surface area contributed by atoms with E-state index in [0.29, 0.717) is 0 Å². The molecule has 0 fully saturated rings. The van der Waals surface area contributed by atoms with Crippen LogP contribution in [0.15, 0.2) is 12.1 Å². The minimum absolute atomic E-state index is 0.0355. The molecule has 0 bridgehead atoms. The number of ether oxygens (including phenoxy) is 1. The van der Waals surface area contributed by atoms with Crippen LogP contribution >= 0.6 is 0 Å². The molecule has 6 nitrogen and oxygen atoms in total. The number of carbonyl (C=O) groups is 1. The Kier molecular flexibility index (Phi) is 5.66. The second-order valence-corrected chi connectivity index (χ2v) is 2.83. The van der Waals surface area contributed by atoms with Crippen molar-refractivity contribution in [3.8, 4) is 11.5 Å². The highest BCUT2D eigenvalue weighted by Crippen LogP contribution is 2.38. The summed E-state index contributed by atoms with van der Waals surface area (Å²) in [5, 5.41) is 20.1. The van der Waals surface area contributed by atoms with E-state index in [-0.39, 0.29) is 11.3 Å². The number of Topliss-reactive ketones (excluding diaryl/α,β-unsaturated/α-hetero) is 1. The lowest BCUT2D eigenvalue weighted by Crippen LogP contribution is -2.01. The minimum Gasteiger partial charge on any atom is -0.499 e. The summed E-state index contributed by atoms with van der Waals surface area (Å²) in [6.45, 7) is 5.19. The van der Waals surface area contributed by atoms with E-state index in [2.05, 4.69) is 0 Å². The second kappa shape index (κ2) is 6.47. The van der Waals surface area contributed by atoms with Crippen molar-refractivity contribution in [3.05, 3.63) is 27.8 Å². The molecule has 0 saturated carbocycles. The van der Waals surface area contributed by atoms with E-state index >= 15 is 0 Å². The second-order valence-electron chi connectivity index (χ2n) is 2.83. The van der Waals surface area contributed by atoms with E-state index in [0.717, 1.165) is 0 Å². The van der Waals surface area contributed by atoms with Crippen LogP contribution < -0.4 is 4.74 Å². The Morgan fingerprint density at radius 1 is 1.41 bits per heavy atom. The average Bonchev–Trinajstić information content (AvgIpc) is 2.30. The summed E-state index contributed by atoms with van der Waals surface area (Å²) in [6, 6.07) is 2.55. The first-order valence-electron chi connectivity index (χ1n) is 5.04. The maximum Gasteiger partial charge on any atom is 0.325 e. The van der Waals surface area contributed by atoms with Crippen LogP contribution in [-0.4, -0.2) is 22.9 Å². The standard InChI is InChI=1S/C9H9NO5.C2H6/c1-5(11)6-3-4-7(15-2)9(12)8(6)10(13)14;1-2/h3-4,12H,1-2H3;1-2H3. The Hall–Kier alpha value is -2.11. The zero-order valence-electron chi connectivity index (χ0n) is 10.2. The lowest BCUT2D eigenvalue weighted by molar-refractivity contribution is -0.386. The van der Waals surface area contributed by atoms with Gasteiger partial charge in [-0.2, -0.15) is 0 Å². The number of hydrogen-bond acceptors (Lipinski definition) is 5. The van der Waals surface area contributed by atoms with Crippen molar-refractivity contribution in [1.29, 1.82) is 0 Å². The third kappa shape index (κ3) is 3.17. The Balaban J connectivity index is 0.00000121. The number of aromatic hydroxyl groups is 1. The molecule has 0 aromatic heterocycles. The monoisotopic (exact) mass is 241 g/mol. The van der Waals surface area contributed by atoms with Crippen molar-refractivity contribution in [2.24, 2.45) is 0 Å². The largest absolute Gasteiger partial charge is 0.499 e. The fourth-order valence-electron chi connectivity index (χ4n) is 1.19. The van der Waals surface area contributed by atoms with Crippen LogP contribution in [0, 0.1) is 10.1 Å². The van der Waals surface area contributed by atoms with Crippen molar-refractivity contribution < 1.29 is 19.6 Å². The number of rotatable bonds is 3. The van der Waals surface area contributed by atoms with Crippen LogP contribution in [0.2, 0.25) is 0 Å². The van der Waals surface area contributed by atoms with Crippen molar-refractivity contribution >= 4 is 11.5 Å². The molecule has 0 radical (unpaired) electrons. The number of nitro benzene ring substituents is 1. The fraction of sp³-hybridized carbons (Fsp3) is 0.364. The average molecular weight is 241 g/mol. The van der Waals surface area contributed by atoms with Gasteiger partial charge in [-0.3, -0.25) is 14.9 Å². The SMILES string of the molecule is CC.COc1ccc(C(C)=O)c([N+](=O)[O-])c1O. The van der Waals surface area contributed by atoms with Crippen LogP contribution in [0.4, 0.5) is 5.69 Å². The molecule has 94 valence electrons. The Bertz CT molecular complexity index is 428. The van der Waals surface area contributed by atoms with E-state index in [9.17, 15) is 20.0 Å². The van der Waals surface area contributed by atoms with Crippen LogP contribution in [0.1, 0.15) is 31.1 Å². The summed E-state index contributed by atoms with van der Waals surface area (Å²) in [6.07, 6.45) is 0. The number of carbonyl (C=O) groups excluding carboxylic acids is 1. The Morgan fingerprint density at radius 3 is 2.29 bits per heavy atom. The summed E-state index contributed by atoms with van der Waals surface area (Å²) in [7, 11) is 1.27. The van der Waals surface area contributed by atoms with Gasteiger partial charge in [-0.05, 0) is 19.1 Å². The van der Waals surface area contributed by atoms with Gasteiger partial charge in [-0.15, -0.1) is 0 Å². The highest BCUT2D eigenvalue weighted by molar-refractivity contribution is 5.99. The van der Waals surface area contributed by atoms with Gasteiger partial charge in [0, 0.05) is 0 Å². The lowest BCUT2D eigenvalue weighted by Gasteiger charge is -2.05. The maximum atomic E-state index is 11.1. The summed E-state index contributed by atoms with van der Waals surface area (Å²) in [4.78, 5) is 20.9. The fourth-order valence-corrected chi connectivity index (χ4v) is 1.19. The van der Waals surface area contributed by atoms with Crippen LogP contribution in [-0.2, 0) is 0 Å². The predicted molar refractivity (Wildman–Crippen MR) is 62.7 cm³/mol. The highest BCUT2D eigenvalue weighted by atomic mass is 16.6. The molecule has 0 heterocycles. The number of ketones is 1. The maximum absolute atomic E-state index is 11.1. The zero-order chi connectivity index (χ0) is 13.6. The third-order valence-corrected chi connectivity index (χ3v) is 1.90. The van der Waals surface area contributed by atoms with Crippen LogP contribution in [0.3, 0.4) is 0 Å². The molecule has 0 amide bonds. The normalized spacial score (nSPS) is 8.94. The summed E-state index contributed by atoms with van der Waals surface area (Å²) in [5.74, 6) is -1.15. The topological polar surface area (TPSA) is 89.7 Å². The molecule has 1 aromatic rings. The highest BCUT2D eigenvalue weighted by Gasteiger charge is 2.25. The van der Waals surface area contributed by atoms with Gasteiger partial charge in [-0.25, -0.2) is 0 Å². The number of nitrogens with zero attached hydrogens (tertiary/aromatic N) is 1. The first kappa shape index (κ1) is 14.9. The molecule has 0 atom stereocenters. The zero-order valence-corrected chi connectivity index (χ0v) is 10.2. The van der Waals surface area contributed by atoms with E-state index in [1.165, 1.54) is 26.2 Å². The van der Waals surface area contributed by atoms with Gasteiger partial charge in [0.2, 0.25) is 5.75 Å². The number of benzene rings is 1. The van der Waals surface area contributed by atoms with E-state index in [4.69, 9.17) is 4.74 Å². The molecule has 0 spiro atoms. The van der Waals surface area contributed by atoms with E-state index < -0.39 is 22.1 Å². The molecule has 17 heavy (non-hydrogen) atoms. The minimum atomic E-state index is -0.811. The number of phenols is 1. The van der Waals surface area contributed by atoms with Crippen LogP contribution in [0.25, 0.3) is 0 Å². The predicted octanol–water partition coefficient (Wildman–Crippen LogP) is 2.54. The molecular formula is C11H15NO5. The Morgan fingerprint density at radius 2 is 1.94 bits per heavy atom. The molecule has 0 aliphatic heterocycles. The number of methoxy groups -OCH3 is 1. The Labute approximate surface area is 99.0 Å². The molecule has 0 unspecified atom stereocenters. The molecular weight excluding hydrogens is 226 g/mol. The summed E-state index contributed by atoms with van der Waals surface area (Å²) in [5.41, 5.74) is -0.764. The first-order chi connectivity index (χ1) is 7.99. The van der Waals surface area contributed by atoms with Gasteiger partial charge in [-0.1, -0.05) is 13.8 Å². The molecule has 1 aromatic carbocycles. The molecule has 0 aliphatic rings. The molecule has 1 N–H and O–H groups in total. The van der Waals surface area contributed by atoms with Crippen molar-refractivity contribution in [2.75, 3.05) is 7.11 Å². The number of phenolic OH excluding ortho intramolecular Hbond substituents is 1. The molecule has 0 aliphatic carbocycles. The summed E-state index contributed by atoms with van der Waals surface area (Å²) < 4.78 is 4.70. The number of hydrogen-bond donors (Lipinski definition) is 1. The lowest BCUT2D eigenvalue weighted by atomic mass is 10.1. The quantitative estimate of drug-likeness (QED) is 0.499. The third-order valence-electron chi connectivity index (χ3n) is 1.90. The van der Waals surface area contributed by atoms with Crippen molar-refractivity contribution in [3.63, 3.8) is 0 Å². The van der Waals surface area contributed by atoms with Gasteiger partial charge < -0.3 is 9.84 Å². The smallest absolute Gasteiger partial charge is 0.325 e. The molecule has 0 saturated heterocycles. The van der Waals surface area contributed by atoms with Gasteiger partial charge in [0.05, 0.1) is 17.6 Å². The number of nitro groups is 1. The van der Waals surface area contributed by atoms with E-state index in [1.807, 2.05) is 13.8 Å². The van der Waals surface area contributed by atoms with E-state index in [1.54, 1.807) is 0 Å². The molecule has 6 heteroatoms.